The van der Waals surface area contributed by atoms with Gasteiger partial charge in [-0.15, -0.1) is 0 Å². The lowest BCUT2D eigenvalue weighted by Crippen LogP contribution is -2.55. The van der Waals surface area contributed by atoms with Crippen LogP contribution in [0.5, 0.6) is 0 Å². The molecule has 1 heterocycles. The van der Waals surface area contributed by atoms with Gasteiger partial charge in [-0.2, -0.15) is 0 Å². The highest BCUT2D eigenvalue weighted by Gasteiger charge is 2.28. The van der Waals surface area contributed by atoms with Crippen molar-refractivity contribution in [3.8, 4) is 0 Å². The van der Waals surface area contributed by atoms with Gasteiger partial charge in [-0.05, 0) is 19.3 Å². The van der Waals surface area contributed by atoms with Gasteiger partial charge in [0.15, 0.2) is 0 Å². The molecule has 1 atom stereocenters. The van der Waals surface area contributed by atoms with Crippen molar-refractivity contribution < 1.29 is 19.1 Å². The summed E-state index contributed by atoms with van der Waals surface area (Å²) in [6.07, 6.45) is 2.83. The molecule has 0 spiro atoms. The first-order valence-electron chi connectivity index (χ1n) is 5.97. The zero-order valence-electron chi connectivity index (χ0n) is 10.4. The maximum absolute atomic E-state index is 11.6. The van der Waals surface area contributed by atoms with E-state index < -0.39 is 12.1 Å². The van der Waals surface area contributed by atoms with Gasteiger partial charge < -0.3 is 9.47 Å². The lowest BCUT2D eigenvalue weighted by Gasteiger charge is -2.31. The van der Waals surface area contributed by atoms with Crippen LogP contribution in [0.25, 0.3) is 0 Å². The van der Waals surface area contributed by atoms with Gasteiger partial charge >= 0.3 is 12.1 Å². The molecule has 1 aliphatic rings. The molecular weight excluding hydrogens is 224 g/mol. The quantitative estimate of drug-likeness (QED) is 0.591. The van der Waals surface area contributed by atoms with Crippen molar-refractivity contribution in [1.29, 1.82) is 0 Å². The predicted octanol–water partition coefficient (Wildman–Crippen LogP) is 1.07. The Morgan fingerprint density at radius 3 is 2.88 bits per heavy atom. The molecule has 0 aromatic carbocycles. The third-order valence-corrected chi connectivity index (χ3v) is 2.62. The fourth-order valence-electron chi connectivity index (χ4n) is 1.61. The molecule has 98 valence electrons. The van der Waals surface area contributed by atoms with Crippen LogP contribution in [-0.4, -0.2) is 43.4 Å². The first-order chi connectivity index (χ1) is 8.19. The smallest absolute Gasteiger partial charge is 0.424 e. The summed E-state index contributed by atoms with van der Waals surface area (Å²) >= 11 is 0. The van der Waals surface area contributed by atoms with Crippen LogP contribution >= 0.6 is 0 Å². The number of carbonyl (C=O) groups is 2. The summed E-state index contributed by atoms with van der Waals surface area (Å²) in [6.45, 7) is 3.00. The van der Waals surface area contributed by atoms with E-state index in [2.05, 4.69) is 10.2 Å². The molecule has 0 aliphatic carbocycles. The van der Waals surface area contributed by atoms with E-state index in [1.165, 1.54) is 12.1 Å². The van der Waals surface area contributed by atoms with Crippen LogP contribution in [0.2, 0.25) is 0 Å². The van der Waals surface area contributed by atoms with Crippen molar-refractivity contribution >= 4 is 12.1 Å². The number of hydrazine groups is 1. The number of nitrogens with zero attached hydrogens (tertiary/aromatic N) is 1. The van der Waals surface area contributed by atoms with Crippen LogP contribution < -0.4 is 5.43 Å². The summed E-state index contributed by atoms with van der Waals surface area (Å²) in [7, 11) is 1.34. The van der Waals surface area contributed by atoms with Crippen LogP contribution in [0.1, 0.15) is 32.6 Å². The van der Waals surface area contributed by atoms with Gasteiger partial charge in [-0.3, -0.25) is 4.79 Å². The second-order valence-electron chi connectivity index (χ2n) is 3.97. The van der Waals surface area contributed by atoms with Gasteiger partial charge in [-0.1, -0.05) is 13.3 Å². The molecule has 17 heavy (non-hydrogen) atoms. The predicted molar refractivity (Wildman–Crippen MR) is 61.1 cm³/mol. The number of rotatable bonds is 4. The Labute approximate surface area is 101 Å². The average Bonchev–Trinajstić information content (AvgIpc) is 2.38. The van der Waals surface area contributed by atoms with E-state index in [4.69, 9.17) is 4.74 Å². The number of hydrogen-bond acceptors (Lipinski definition) is 5. The van der Waals surface area contributed by atoms with Crippen LogP contribution in [0.15, 0.2) is 0 Å². The summed E-state index contributed by atoms with van der Waals surface area (Å²) in [6, 6.07) is -0.451. The Morgan fingerprint density at radius 1 is 1.47 bits per heavy atom. The van der Waals surface area contributed by atoms with Gasteiger partial charge in [0.25, 0.3) is 0 Å². The molecule has 1 aliphatic heterocycles. The molecule has 6 nitrogen and oxygen atoms in total. The van der Waals surface area contributed by atoms with Crippen molar-refractivity contribution in [3.63, 3.8) is 0 Å². The number of ether oxygens (including phenoxy) is 2. The molecule has 1 amide bonds. The zero-order valence-corrected chi connectivity index (χ0v) is 10.4. The molecule has 0 unspecified atom stereocenters. The Hall–Kier alpha value is -1.30. The number of unbranched alkanes of at least 4 members (excludes halogenated alkanes) is 1. The second kappa shape index (κ2) is 7.11. The van der Waals surface area contributed by atoms with E-state index in [1.54, 1.807) is 0 Å². The lowest BCUT2D eigenvalue weighted by atomic mass is 10.1. The number of nitrogens with one attached hydrogen (secondary N) is 1. The van der Waals surface area contributed by atoms with E-state index in [9.17, 15) is 9.59 Å². The van der Waals surface area contributed by atoms with Crippen LogP contribution in [0.3, 0.4) is 0 Å². The minimum absolute atomic E-state index is 0.351. The van der Waals surface area contributed by atoms with Crippen molar-refractivity contribution in [2.75, 3.05) is 20.3 Å². The molecule has 1 N–H and O–H groups in total. The number of amides is 1. The minimum Gasteiger partial charge on any atom is -0.468 e. The highest BCUT2D eigenvalue weighted by atomic mass is 16.6. The van der Waals surface area contributed by atoms with Gasteiger partial charge in [-0.25, -0.2) is 15.2 Å². The topological polar surface area (TPSA) is 67.9 Å². The standard InChI is InChI=1S/C11H20N2O4/c1-3-4-8-17-11(15)13-7-5-6-9(12-13)10(14)16-2/h9,12H,3-8H2,1-2H3/t9-/m0/s1. The molecule has 0 aromatic rings. The highest BCUT2D eigenvalue weighted by molar-refractivity contribution is 5.76. The van der Waals surface area contributed by atoms with Gasteiger partial charge in [0.1, 0.15) is 6.04 Å². The normalized spacial score (nSPS) is 19.9. The largest absolute Gasteiger partial charge is 0.468 e. The minimum atomic E-state index is -0.451. The van der Waals surface area contributed by atoms with E-state index in [-0.39, 0.29) is 5.97 Å². The second-order valence-corrected chi connectivity index (χ2v) is 3.97. The summed E-state index contributed by atoms with van der Waals surface area (Å²) in [5.74, 6) is -0.351. The number of carbonyl (C=O) groups excluding carboxylic acids is 2. The molecule has 0 radical (unpaired) electrons. The molecule has 0 saturated carbocycles. The zero-order chi connectivity index (χ0) is 12.7. The maximum atomic E-state index is 11.6. The van der Waals surface area contributed by atoms with Crippen molar-refractivity contribution in [3.05, 3.63) is 0 Å². The third kappa shape index (κ3) is 4.22. The molecule has 1 fully saturated rings. The van der Waals surface area contributed by atoms with Crippen LogP contribution in [0.4, 0.5) is 4.79 Å². The van der Waals surface area contributed by atoms with E-state index in [0.717, 1.165) is 19.3 Å². The Kier molecular flexibility index (Phi) is 5.76. The maximum Gasteiger partial charge on any atom is 0.424 e. The lowest BCUT2D eigenvalue weighted by molar-refractivity contribution is -0.145. The number of esters is 1. The van der Waals surface area contributed by atoms with Gasteiger partial charge in [0, 0.05) is 6.54 Å². The van der Waals surface area contributed by atoms with Gasteiger partial charge in [0.05, 0.1) is 13.7 Å². The van der Waals surface area contributed by atoms with E-state index in [1.807, 2.05) is 6.92 Å². The van der Waals surface area contributed by atoms with Crippen LogP contribution in [-0.2, 0) is 14.3 Å². The molecule has 6 heteroatoms. The van der Waals surface area contributed by atoms with Crippen molar-refractivity contribution in [2.24, 2.45) is 0 Å². The van der Waals surface area contributed by atoms with E-state index >= 15 is 0 Å². The third-order valence-electron chi connectivity index (χ3n) is 2.62. The fraction of sp³-hybridized carbons (Fsp3) is 0.818. The monoisotopic (exact) mass is 244 g/mol. The fourth-order valence-corrected chi connectivity index (χ4v) is 1.61. The van der Waals surface area contributed by atoms with Crippen LogP contribution in [0, 0.1) is 0 Å². The van der Waals surface area contributed by atoms with Crippen molar-refractivity contribution in [1.82, 2.24) is 10.4 Å². The summed E-state index contributed by atoms with van der Waals surface area (Å²) in [5.41, 5.74) is 2.82. The summed E-state index contributed by atoms with van der Waals surface area (Å²) < 4.78 is 9.69. The molecule has 1 rings (SSSR count). The SMILES string of the molecule is CCCCOC(=O)N1CCC[C@@H](C(=O)OC)N1. The van der Waals surface area contributed by atoms with E-state index in [0.29, 0.717) is 19.6 Å². The Bertz CT molecular complexity index is 270. The average molecular weight is 244 g/mol. The Morgan fingerprint density at radius 2 is 2.24 bits per heavy atom. The first-order valence-corrected chi connectivity index (χ1v) is 5.97. The summed E-state index contributed by atoms with van der Waals surface area (Å²) in [4.78, 5) is 23.0. The molecule has 1 saturated heterocycles. The Balaban J connectivity index is 2.37. The van der Waals surface area contributed by atoms with Crippen molar-refractivity contribution in [2.45, 2.75) is 38.6 Å². The highest BCUT2D eigenvalue weighted by Crippen LogP contribution is 2.09. The molecular formula is C11H20N2O4. The number of methoxy groups -OCH3 is 1. The molecule has 0 aromatic heterocycles. The molecule has 0 bridgehead atoms. The summed E-state index contributed by atoms with van der Waals surface area (Å²) in [5, 5.41) is 1.35. The first kappa shape index (κ1) is 13.8. The number of hydrogen-bond donors (Lipinski definition) is 1. The van der Waals surface area contributed by atoms with Gasteiger partial charge in [0.2, 0.25) is 0 Å².